The lowest BCUT2D eigenvalue weighted by atomic mass is 10.1. The summed E-state index contributed by atoms with van der Waals surface area (Å²) in [5.41, 5.74) is 2.57. The number of hydrogen-bond donors (Lipinski definition) is 1. The Kier molecular flexibility index (Phi) is 10.1. The van der Waals surface area contributed by atoms with Crippen molar-refractivity contribution in [1.29, 1.82) is 0 Å². The minimum absolute atomic E-state index is 0.132. The quantitative estimate of drug-likeness (QED) is 0.697. The second-order valence-electron chi connectivity index (χ2n) is 3.87. The van der Waals surface area contributed by atoms with Gasteiger partial charge in [-0.2, -0.15) is 0 Å². The van der Waals surface area contributed by atoms with Crippen molar-refractivity contribution in [3.8, 4) is 0 Å². The van der Waals surface area contributed by atoms with Gasteiger partial charge in [0.1, 0.15) is 0 Å². The van der Waals surface area contributed by atoms with Crippen molar-refractivity contribution in [3.05, 3.63) is 51.8 Å². The monoisotopic (exact) mass is 278 g/mol. The van der Waals surface area contributed by atoms with E-state index >= 15 is 0 Å². The molecule has 1 heterocycles. The maximum absolute atomic E-state index is 9.03. The standard InChI is InChI=1S/C15H20OS.C2H6/c1-4-6-13(5-2)8-7-12(3)15-10-9-14(11-16)17-15;1-2/h4,6-10,16H,5,11H2,1-3H3;1-2H3/b6-4-,12-7+,13-8-;. The zero-order chi connectivity index (χ0) is 14.7. The van der Waals surface area contributed by atoms with Crippen LogP contribution >= 0.6 is 11.3 Å². The van der Waals surface area contributed by atoms with E-state index in [1.807, 2.05) is 26.8 Å². The Balaban J connectivity index is 0.00000154. The van der Waals surface area contributed by atoms with Crippen LogP contribution in [0.4, 0.5) is 0 Å². The molecule has 106 valence electrons. The lowest BCUT2D eigenvalue weighted by molar-refractivity contribution is 0.285. The fourth-order valence-electron chi connectivity index (χ4n) is 1.49. The lowest BCUT2D eigenvalue weighted by Crippen LogP contribution is -1.75. The number of thiophene rings is 1. The highest BCUT2D eigenvalue weighted by molar-refractivity contribution is 7.13. The smallest absolute Gasteiger partial charge is 0.0774 e. The van der Waals surface area contributed by atoms with Gasteiger partial charge in [0.05, 0.1) is 6.61 Å². The Bertz CT molecular complexity index is 436. The molecule has 0 spiro atoms. The number of aliphatic hydroxyl groups is 1. The van der Waals surface area contributed by atoms with Crippen molar-refractivity contribution < 1.29 is 5.11 Å². The van der Waals surface area contributed by atoms with E-state index in [4.69, 9.17) is 5.11 Å². The molecule has 0 aliphatic carbocycles. The van der Waals surface area contributed by atoms with E-state index in [0.717, 1.165) is 11.3 Å². The highest BCUT2D eigenvalue weighted by atomic mass is 32.1. The van der Waals surface area contributed by atoms with Crippen LogP contribution in [0.2, 0.25) is 0 Å². The zero-order valence-corrected chi connectivity index (χ0v) is 13.6. The predicted octanol–water partition coefficient (Wildman–Crippen LogP) is 5.58. The van der Waals surface area contributed by atoms with Crippen LogP contribution in [0.5, 0.6) is 0 Å². The average Bonchev–Trinajstić information content (AvgIpc) is 2.94. The molecule has 1 nitrogen and oxygen atoms in total. The fourth-order valence-corrected chi connectivity index (χ4v) is 2.34. The van der Waals surface area contributed by atoms with E-state index in [0.29, 0.717) is 0 Å². The fraction of sp³-hybridized carbons (Fsp3) is 0.412. The van der Waals surface area contributed by atoms with E-state index in [1.165, 1.54) is 16.0 Å². The largest absolute Gasteiger partial charge is 0.391 e. The molecule has 0 unspecified atom stereocenters. The number of aliphatic hydroxyl groups excluding tert-OH is 1. The molecule has 0 fully saturated rings. The first-order valence-electron chi connectivity index (χ1n) is 6.91. The third-order valence-electron chi connectivity index (χ3n) is 2.54. The van der Waals surface area contributed by atoms with E-state index in [-0.39, 0.29) is 6.61 Å². The van der Waals surface area contributed by atoms with Gasteiger partial charge in [0, 0.05) is 9.75 Å². The molecule has 0 amide bonds. The van der Waals surface area contributed by atoms with Gasteiger partial charge in [0.25, 0.3) is 0 Å². The van der Waals surface area contributed by atoms with Gasteiger partial charge >= 0.3 is 0 Å². The van der Waals surface area contributed by atoms with Gasteiger partial charge in [0.15, 0.2) is 0 Å². The molecule has 1 N–H and O–H groups in total. The Morgan fingerprint density at radius 2 is 1.95 bits per heavy atom. The minimum Gasteiger partial charge on any atom is -0.391 e. The Morgan fingerprint density at radius 1 is 1.26 bits per heavy atom. The second kappa shape index (κ2) is 10.8. The summed E-state index contributed by atoms with van der Waals surface area (Å²) in [5, 5.41) is 9.03. The predicted molar refractivity (Wildman–Crippen MR) is 88.4 cm³/mol. The molecule has 2 heteroatoms. The minimum atomic E-state index is 0.132. The first-order valence-corrected chi connectivity index (χ1v) is 7.73. The number of allylic oxidation sites excluding steroid dienone is 6. The molecule has 0 atom stereocenters. The SMILES string of the molecule is CC.C\C=C/C(=C\C=C(/C)c1ccc(CO)s1)CC. The molecule has 0 saturated carbocycles. The molecule has 0 bridgehead atoms. The van der Waals surface area contributed by atoms with Gasteiger partial charge in [0.2, 0.25) is 0 Å². The maximum Gasteiger partial charge on any atom is 0.0774 e. The topological polar surface area (TPSA) is 20.2 Å². The molecule has 19 heavy (non-hydrogen) atoms. The van der Waals surface area contributed by atoms with Crippen molar-refractivity contribution in [1.82, 2.24) is 0 Å². The highest BCUT2D eigenvalue weighted by Crippen LogP contribution is 2.24. The molecule has 1 rings (SSSR count). The third-order valence-corrected chi connectivity index (χ3v) is 3.75. The van der Waals surface area contributed by atoms with Crippen LogP contribution < -0.4 is 0 Å². The number of rotatable bonds is 5. The van der Waals surface area contributed by atoms with Crippen LogP contribution in [-0.4, -0.2) is 5.11 Å². The van der Waals surface area contributed by atoms with Crippen LogP contribution in [0, 0.1) is 0 Å². The van der Waals surface area contributed by atoms with Gasteiger partial charge in [-0.05, 0) is 43.5 Å². The summed E-state index contributed by atoms with van der Waals surface area (Å²) in [4.78, 5) is 2.24. The zero-order valence-electron chi connectivity index (χ0n) is 12.7. The van der Waals surface area contributed by atoms with E-state index in [9.17, 15) is 0 Å². The summed E-state index contributed by atoms with van der Waals surface area (Å²) in [7, 11) is 0. The van der Waals surface area contributed by atoms with Crippen LogP contribution in [0.25, 0.3) is 5.57 Å². The van der Waals surface area contributed by atoms with Gasteiger partial charge in [-0.15, -0.1) is 11.3 Å². The highest BCUT2D eigenvalue weighted by Gasteiger charge is 2.00. The molecular formula is C17H26OS. The summed E-state index contributed by atoms with van der Waals surface area (Å²) in [5.74, 6) is 0. The van der Waals surface area contributed by atoms with E-state index in [2.05, 4.69) is 44.2 Å². The van der Waals surface area contributed by atoms with Crippen molar-refractivity contribution >= 4 is 16.9 Å². The summed E-state index contributed by atoms with van der Waals surface area (Å²) < 4.78 is 0. The molecule has 0 saturated heterocycles. The third kappa shape index (κ3) is 6.55. The van der Waals surface area contributed by atoms with E-state index < -0.39 is 0 Å². The molecule has 0 radical (unpaired) electrons. The van der Waals surface area contributed by atoms with Crippen LogP contribution in [0.3, 0.4) is 0 Å². The molecule has 1 aromatic rings. The molecular weight excluding hydrogens is 252 g/mol. The molecule has 0 aliphatic rings. The van der Waals surface area contributed by atoms with Crippen LogP contribution in [-0.2, 0) is 6.61 Å². The summed E-state index contributed by atoms with van der Waals surface area (Å²) in [6.07, 6.45) is 9.55. The number of hydrogen-bond acceptors (Lipinski definition) is 2. The second-order valence-corrected chi connectivity index (χ2v) is 5.04. The first-order chi connectivity index (χ1) is 9.21. The average molecular weight is 278 g/mol. The Morgan fingerprint density at radius 3 is 2.42 bits per heavy atom. The first kappa shape index (κ1) is 17.9. The molecule has 1 aromatic heterocycles. The maximum atomic E-state index is 9.03. The van der Waals surface area contributed by atoms with Gasteiger partial charge in [-0.1, -0.05) is 45.1 Å². The van der Waals surface area contributed by atoms with Gasteiger partial charge in [-0.3, -0.25) is 0 Å². The van der Waals surface area contributed by atoms with Crippen molar-refractivity contribution in [2.75, 3.05) is 0 Å². The Labute approximate surface area is 122 Å². The van der Waals surface area contributed by atoms with Gasteiger partial charge in [-0.25, -0.2) is 0 Å². The van der Waals surface area contributed by atoms with Crippen LogP contribution in [0.1, 0.15) is 50.8 Å². The van der Waals surface area contributed by atoms with E-state index in [1.54, 1.807) is 11.3 Å². The Hall–Kier alpha value is -1.12. The van der Waals surface area contributed by atoms with Crippen molar-refractivity contribution in [3.63, 3.8) is 0 Å². The van der Waals surface area contributed by atoms with Crippen molar-refractivity contribution in [2.24, 2.45) is 0 Å². The van der Waals surface area contributed by atoms with Gasteiger partial charge < -0.3 is 5.11 Å². The van der Waals surface area contributed by atoms with Crippen molar-refractivity contribution in [2.45, 2.75) is 47.6 Å². The lowest BCUT2D eigenvalue weighted by Gasteiger charge is -1.97. The summed E-state index contributed by atoms with van der Waals surface area (Å²) >= 11 is 1.65. The molecule has 0 aromatic carbocycles. The normalized spacial score (nSPS) is 12.5. The summed E-state index contributed by atoms with van der Waals surface area (Å²) in [6, 6.07) is 4.05. The van der Waals surface area contributed by atoms with Crippen LogP contribution in [0.15, 0.2) is 42.0 Å². The summed E-state index contributed by atoms with van der Waals surface area (Å²) in [6.45, 7) is 10.4. The molecule has 0 aliphatic heterocycles.